The van der Waals surface area contributed by atoms with Gasteiger partial charge in [-0.05, 0) is 30.5 Å². The Labute approximate surface area is 129 Å². The maximum Gasteiger partial charge on any atom is 0.251 e. The highest BCUT2D eigenvalue weighted by Gasteiger charge is 2.21. The largest absolute Gasteiger partial charge is 0.369 e. The van der Waals surface area contributed by atoms with Crippen molar-refractivity contribution in [3.63, 3.8) is 0 Å². The Hall–Kier alpha value is -1.59. The van der Waals surface area contributed by atoms with E-state index in [1.165, 1.54) is 0 Å². The molecule has 0 spiro atoms. The van der Waals surface area contributed by atoms with Gasteiger partial charge in [-0.15, -0.1) is 11.6 Å². The van der Waals surface area contributed by atoms with E-state index in [4.69, 9.17) is 17.3 Å². The summed E-state index contributed by atoms with van der Waals surface area (Å²) < 4.78 is 0. The summed E-state index contributed by atoms with van der Waals surface area (Å²) in [6, 6.07) is 7.47. The molecule has 21 heavy (non-hydrogen) atoms. The summed E-state index contributed by atoms with van der Waals surface area (Å²) in [5, 5.41) is 3.04. The number of hydrogen-bond acceptors (Lipinski definition) is 3. The first kappa shape index (κ1) is 15.8. The molecule has 0 radical (unpaired) electrons. The summed E-state index contributed by atoms with van der Waals surface area (Å²) in [6.07, 6.45) is 1.66. The Morgan fingerprint density at radius 3 is 2.67 bits per heavy atom. The molecule has 6 heteroatoms. The molecule has 2 amide bonds. The van der Waals surface area contributed by atoms with Crippen LogP contribution in [0.1, 0.15) is 28.8 Å². The van der Waals surface area contributed by atoms with E-state index in [1.807, 2.05) is 23.1 Å². The smallest absolute Gasteiger partial charge is 0.251 e. The van der Waals surface area contributed by atoms with Crippen LogP contribution in [-0.4, -0.2) is 42.4 Å². The van der Waals surface area contributed by atoms with Gasteiger partial charge in [-0.1, -0.05) is 12.1 Å². The van der Waals surface area contributed by atoms with E-state index in [1.54, 1.807) is 6.07 Å². The Bertz CT molecular complexity index is 513. The minimum Gasteiger partial charge on any atom is -0.369 e. The van der Waals surface area contributed by atoms with Gasteiger partial charge in [0.05, 0.1) is 6.54 Å². The van der Waals surface area contributed by atoms with Crippen molar-refractivity contribution < 1.29 is 9.59 Å². The van der Waals surface area contributed by atoms with Gasteiger partial charge in [0.2, 0.25) is 5.91 Å². The molecule has 2 rings (SSSR count). The third kappa shape index (κ3) is 4.72. The lowest BCUT2D eigenvalue weighted by molar-refractivity contribution is -0.119. The molecule has 3 N–H and O–H groups in total. The number of hydrogen-bond donors (Lipinski definition) is 2. The zero-order valence-electron chi connectivity index (χ0n) is 11.8. The quantitative estimate of drug-likeness (QED) is 0.800. The standard InChI is InChI=1S/C15H20ClN3O2/c16-9-11-2-1-3-12(8-11)15(21)18-13-4-6-19(7-5-13)10-14(17)20/h1-3,8,13H,4-7,9-10H2,(H2,17,20)(H,18,21). The van der Waals surface area contributed by atoms with E-state index >= 15 is 0 Å². The predicted octanol–water partition coefficient (Wildman–Crippen LogP) is 1.10. The fraction of sp³-hybridized carbons (Fsp3) is 0.467. The third-order valence-electron chi connectivity index (χ3n) is 3.65. The second-order valence-electron chi connectivity index (χ2n) is 5.32. The molecular formula is C15H20ClN3O2. The monoisotopic (exact) mass is 309 g/mol. The van der Waals surface area contributed by atoms with Crippen LogP contribution in [0.25, 0.3) is 0 Å². The number of carbonyl (C=O) groups is 2. The predicted molar refractivity (Wildman–Crippen MR) is 82.1 cm³/mol. The molecule has 1 fully saturated rings. The fourth-order valence-corrected chi connectivity index (χ4v) is 2.69. The number of nitrogens with zero attached hydrogens (tertiary/aromatic N) is 1. The lowest BCUT2D eigenvalue weighted by atomic mass is 10.0. The maximum absolute atomic E-state index is 12.2. The average Bonchev–Trinajstić information content (AvgIpc) is 2.49. The van der Waals surface area contributed by atoms with Crippen LogP contribution in [0.4, 0.5) is 0 Å². The molecule has 1 aromatic rings. The first-order valence-electron chi connectivity index (χ1n) is 7.05. The first-order valence-corrected chi connectivity index (χ1v) is 7.58. The Kier molecular flexibility index (Phi) is 5.59. The van der Waals surface area contributed by atoms with Gasteiger partial charge < -0.3 is 11.1 Å². The van der Waals surface area contributed by atoms with Gasteiger partial charge in [0.15, 0.2) is 0 Å². The first-order chi connectivity index (χ1) is 10.1. The lowest BCUT2D eigenvalue weighted by Gasteiger charge is -2.31. The average molecular weight is 310 g/mol. The Balaban J connectivity index is 1.85. The second-order valence-corrected chi connectivity index (χ2v) is 5.59. The van der Waals surface area contributed by atoms with Crippen LogP contribution in [0.2, 0.25) is 0 Å². The number of rotatable bonds is 5. The number of alkyl halides is 1. The van der Waals surface area contributed by atoms with Crippen molar-refractivity contribution in [1.82, 2.24) is 10.2 Å². The van der Waals surface area contributed by atoms with Gasteiger partial charge in [0.25, 0.3) is 5.91 Å². The van der Waals surface area contributed by atoms with Gasteiger partial charge >= 0.3 is 0 Å². The number of nitrogens with one attached hydrogen (secondary N) is 1. The second kappa shape index (κ2) is 7.43. The van der Waals surface area contributed by atoms with Crippen LogP contribution in [0.15, 0.2) is 24.3 Å². The molecule has 5 nitrogen and oxygen atoms in total. The van der Waals surface area contributed by atoms with Crippen LogP contribution in [0, 0.1) is 0 Å². The van der Waals surface area contributed by atoms with E-state index < -0.39 is 0 Å². The molecule has 0 aromatic heterocycles. The van der Waals surface area contributed by atoms with Gasteiger partial charge in [0, 0.05) is 30.6 Å². The van der Waals surface area contributed by atoms with Crippen molar-refractivity contribution in [2.24, 2.45) is 5.73 Å². The summed E-state index contributed by atoms with van der Waals surface area (Å²) in [6.45, 7) is 1.84. The molecule has 1 aliphatic rings. The van der Waals surface area contributed by atoms with Crippen LogP contribution >= 0.6 is 11.6 Å². The third-order valence-corrected chi connectivity index (χ3v) is 3.95. The van der Waals surface area contributed by atoms with Crippen LogP contribution in [0.3, 0.4) is 0 Å². The van der Waals surface area contributed by atoms with Crippen LogP contribution in [0.5, 0.6) is 0 Å². The van der Waals surface area contributed by atoms with Crippen molar-refractivity contribution in [2.45, 2.75) is 24.8 Å². The number of likely N-dealkylation sites (tertiary alicyclic amines) is 1. The SMILES string of the molecule is NC(=O)CN1CCC(NC(=O)c2cccc(CCl)c2)CC1. The zero-order chi connectivity index (χ0) is 15.2. The molecule has 0 saturated carbocycles. The number of amides is 2. The maximum atomic E-state index is 12.2. The molecule has 1 saturated heterocycles. The molecule has 0 unspecified atom stereocenters. The minimum absolute atomic E-state index is 0.0738. The number of halogens is 1. The number of primary amides is 1. The number of benzene rings is 1. The van der Waals surface area contributed by atoms with E-state index in [0.29, 0.717) is 18.0 Å². The number of carbonyl (C=O) groups excluding carboxylic acids is 2. The van der Waals surface area contributed by atoms with Crippen LogP contribution < -0.4 is 11.1 Å². The zero-order valence-corrected chi connectivity index (χ0v) is 12.6. The molecule has 1 aliphatic heterocycles. The van der Waals surface area contributed by atoms with Gasteiger partial charge in [-0.3, -0.25) is 14.5 Å². The molecule has 1 aromatic carbocycles. The molecule has 1 heterocycles. The topological polar surface area (TPSA) is 75.4 Å². The van der Waals surface area contributed by atoms with Crippen molar-refractivity contribution in [3.05, 3.63) is 35.4 Å². The summed E-state index contributed by atoms with van der Waals surface area (Å²) in [7, 11) is 0. The number of nitrogens with two attached hydrogens (primary N) is 1. The van der Waals surface area contributed by atoms with Crippen LogP contribution in [-0.2, 0) is 10.7 Å². The van der Waals surface area contributed by atoms with E-state index in [9.17, 15) is 9.59 Å². The Morgan fingerprint density at radius 1 is 1.33 bits per heavy atom. The van der Waals surface area contributed by atoms with Crippen molar-refractivity contribution in [1.29, 1.82) is 0 Å². The van der Waals surface area contributed by atoms with Crippen molar-refractivity contribution >= 4 is 23.4 Å². The van der Waals surface area contributed by atoms with E-state index in [2.05, 4.69) is 5.32 Å². The van der Waals surface area contributed by atoms with Gasteiger partial charge in [-0.25, -0.2) is 0 Å². The summed E-state index contributed by atoms with van der Waals surface area (Å²) >= 11 is 5.78. The molecular weight excluding hydrogens is 290 g/mol. The van der Waals surface area contributed by atoms with Crippen molar-refractivity contribution in [3.8, 4) is 0 Å². The van der Waals surface area contributed by atoms with E-state index in [0.717, 1.165) is 31.5 Å². The van der Waals surface area contributed by atoms with Gasteiger partial charge in [0.1, 0.15) is 0 Å². The molecule has 114 valence electrons. The summed E-state index contributed by atoms with van der Waals surface area (Å²) in [5.74, 6) is 0.0118. The molecule has 0 aliphatic carbocycles. The van der Waals surface area contributed by atoms with E-state index in [-0.39, 0.29) is 17.9 Å². The molecule has 0 atom stereocenters. The van der Waals surface area contributed by atoms with Crippen molar-refractivity contribution in [2.75, 3.05) is 19.6 Å². The Morgan fingerprint density at radius 2 is 2.05 bits per heavy atom. The summed E-state index contributed by atoms with van der Waals surface area (Å²) in [5.41, 5.74) is 6.74. The lowest BCUT2D eigenvalue weighted by Crippen LogP contribution is -2.46. The highest BCUT2D eigenvalue weighted by molar-refractivity contribution is 6.17. The highest BCUT2D eigenvalue weighted by Crippen LogP contribution is 2.12. The number of piperidine rings is 1. The minimum atomic E-state index is -0.310. The molecule has 0 bridgehead atoms. The van der Waals surface area contributed by atoms with Gasteiger partial charge in [-0.2, -0.15) is 0 Å². The highest BCUT2D eigenvalue weighted by atomic mass is 35.5. The summed E-state index contributed by atoms with van der Waals surface area (Å²) in [4.78, 5) is 25.1. The fourth-order valence-electron chi connectivity index (χ4n) is 2.52. The normalized spacial score (nSPS) is 16.6.